The van der Waals surface area contributed by atoms with Crippen molar-refractivity contribution in [3.63, 3.8) is 0 Å². The molecular weight excluding hydrogens is 709 g/mol. The number of carbonyl (C=O) groups excluding carboxylic acids is 1. The van der Waals surface area contributed by atoms with E-state index in [0.29, 0.717) is 57.7 Å². The number of carbonyl (C=O) groups is 1. The molecule has 3 aliphatic heterocycles. The van der Waals surface area contributed by atoms with Crippen molar-refractivity contribution < 1.29 is 14.3 Å². The lowest BCUT2D eigenvalue weighted by Crippen LogP contribution is -2.70. The minimum atomic E-state index is -0.514. The van der Waals surface area contributed by atoms with Gasteiger partial charge in [-0.3, -0.25) is 15.3 Å². The summed E-state index contributed by atoms with van der Waals surface area (Å²) in [4.78, 5) is 25.4. The molecule has 6 rings (SSSR count). The Hall–Kier alpha value is -2.40. The number of fused-ring (bicyclic) bond motifs is 2. The predicted molar refractivity (Wildman–Crippen MR) is 178 cm³/mol. The third-order valence-electron chi connectivity index (χ3n) is 7.21. The van der Waals surface area contributed by atoms with Gasteiger partial charge in [0.2, 0.25) is 0 Å². The number of aromatic nitrogens is 2. The van der Waals surface area contributed by atoms with Gasteiger partial charge in [-0.2, -0.15) is 0 Å². The average molecular weight is 741 g/mol. The summed E-state index contributed by atoms with van der Waals surface area (Å²) in [5.74, 6) is 1.41. The van der Waals surface area contributed by atoms with Gasteiger partial charge >= 0.3 is 6.09 Å². The van der Waals surface area contributed by atoms with Crippen LogP contribution in [0.15, 0.2) is 48.9 Å². The highest BCUT2D eigenvalue weighted by atomic mass is 127. The second kappa shape index (κ2) is 12.7. The van der Waals surface area contributed by atoms with Crippen LogP contribution >= 0.6 is 51.6 Å². The van der Waals surface area contributed by atoms with Gasteiger partial charge in [-0.25, -0.2) is 9.78 Å². The van der Waals surface area contributed by atoms with E-state index in [1.54, 1.807) is 18.6 Å². The number of nitrogens with one attached hydrogen (secondary N) is 2. The monoisotopic (exact) mass is 740 g/mol. The molecule has 5 heterocycles. The van der Waals surface area contributed by atoms with E-state index >= 15 is 0 Å². The zero-order chi connectivity index (χ0) is 30.2. The summed E-state index contributed by atoms with van der Waals surface area (Å²) in [5.41, 5.74) is 2.67. The van der Waals surface area contributed by atoms with E-state index in [-0.39, 0.29) is 18.2 Å². The SMILES string of the molecule is C[C@@H](Oc1ccc(NPI)c(C(=N)c2ccc(N3CC4CC(C3)N4C(=O)OC(C)(C)C)nc2)c1)c1c(Cl)cncc1Cl. The van der Waals surface area contributed by atoms with Gasteiger partial charge in [-0.1, -0.05) is 23.2 Å². The zero-order valence-corrected chi connectivity index (χ0v) is 28.3. The lowest BCUT2D eigenvalue weighted by Gasteiger charge is -2.56. The van der Waals surface area contributed by atoms with Crippen LogP contribution in [0.5, 0.6) is 5.75 Å². The highest BCUT2D eigenvalue weighted by molar-refractivity contribution is 14.2. The summed E-state index contributed by atoms with van der Waals surface area (Å²) < 4.78 is 11.8. The van der Waals surface area contributed by atoms with E-state index in [4.69, 9.17) is 43.1 Å². The van der Waals surface area contributed by atoms with Crippen LogP contribution in [0.3, 0.4) is 0 Å². The van der Waals surface area contributed by atoms with Crippen LogP contribution in [-0.2, 0) is 4.74 Å². The molecule has 9 nitrogen and oxygen atoms in total. The molecule has 222 valence electrons. The van der Waals surface area contributed by atoms with Crippen LogP contribution in [-0.4, -0.2) is 57.4 Å². The van der Waals surface area contributed by atoms with Crippen molar-refractivity contribution in [2.24, 2.45) is 0 Å². The Kier molecular flexibility index (Phi) is 9.37. The Bertz CT molecular complexity index is 1460. The highest BCUT2D eigenvalue weighted by Gasteiger charge is 2.49. The number of piperidine rings is 1. The summed E-state index contributed by atoms with van der Waals surface area (Å²) >= 11 is 14.9. The molecule has 1 aromatic carbocycles. The number of pyridine rings is 2. The van der Waals surface area contributed by atoms with Crippen molar-refractivity contribution >= 4 is 74.9 Å². The summed E-state index contributed by atoms with van der Waals surface area (Å²) in [6.45, 7) is 8.93. The van der Waals surface area contributed by atoms with Crippen molar-refractivity contribution in [2.45, 2.75) is 57.9 Å². The molecule has 4 atom stereocenters. The van der Waals surface area contributed by atoms with Gasteiger partial charge in [0, 0.05) is 60.4 Å². The summed E-state index contributed by atoms with van der Waals surface area (Å²) in [5, 5.41) is 13.3. The molecule has 1 amide bonds. The van der Waals surface area contributed by atoms with Gasteiger partial charge in [-0.05, 0) is 86.5 Å². The molecule has 2 N–H and O–H groups in total. The van der Waals surface area contributed by atoms with Crippen LogP contribution in [0, 0.1) is 5.41 Å². The van der Waals surface area contributed by atoms with Gasteiger partial charge in [0.1, 0.15) is 23.3 Å². The maximum atomic E-state index is 12.6. The number of nitrogens with zero attached hydrogens (tertiary/aromatic N) is 4. The standard InChI is InChI=1S/C29H32Cl2IN6O3P/c1-16(26-22(30)12-34-13-23(26)31)40-20-6-7-24(36-42-32)21(10-20)27(33)17-5-8-25(35-11-17)37-14-18-9-19(15-37)38(18)28(39)41-29(2,3)4/h5-8,10-13,16,18-19,33,36,42H,9,14-15H2,1-4H3/t16-,18?,19?/m1/s1. The second-order valence-corrected chi connectivity index (χ2v) is 14.2. The Morgan fingerprint density at radius 2 is 1.83 bits per heavy atom. The number of benzene rings is 1. The van der Waals surface area contributed by atoms with Crippen LogP contribution in [0.25, 0.3) is 0 Å². The van der Waals surface area contributed by atoms with E-state index < -0.39 is 11.7 Å². The lowest BCUT2D eigenvalue weighted by molar-refractivity contribution is -0.0380. The molecule has 3 aliphatic rings. The smallest absolute Gasteiger partial charge is 0.410 e. The van der Waals surface area contributed by atoms with Crippen molar-refractivity contribution in [3.8, 4) is 5.75 Å². The Morgan fingerprint density at radius 3 is 2.43 bits per heavy atom. The fourth-order valence-corrected chi connectivity index (χ4v) is 7.19. The lowest BCUT2D eigenvalue weighted by atomic mass is 9.88. The van der Waals surface area contributed by atoms with Crippen LogP contribution in [0.4, 0.5) is 16.3 Å². The molecule has 3 fully saturated rings. The molecule has 3 aromatic rings. The molecule has 2 bridgehead atoms. The topological polar surface area (TPSA) is 104 Å². The first-order valence-electron chi connectivity index (χ1n) is 13.5. The van der Waals surface area contributed by atoms with Gasteiger partial charge in [0.15, 0.2) is 0 Å². The van der Waals surface area contributed by atoms with E-state index in [0.717, 1.165) is 17.9 Å². The molecule has 2 aromatic heterocycles. The Balaban J connectivity index is 1.30. The summed E-state index contributed by atoms with van der Waals surface area (Å²) in [6, 6.07) is 9.70. The maximum absolute atomic E-state index is 12.6. The first kappa shape index (κ1) is 31.0. The third-order valence-corrected chi connectivity index (χ3v) is 8.99. The fourth-order valence-electron chi connectivity index (χ4n) is 5.32. The largest absolute Gasteiger partial charge is 0.486 e. The first-order valence-corrected chi connectivity index (χ1v) is 18.3. The molecule has 13 heteroatoms. The number of halogens is 3. The van der Waals surface area contributed by atoms with Crippen LogP contribution < -0.4 is 14.7 Å². The summed E-state index contributed by atoms with van der Waals surface area (Å²) in [6.07, 6.45) is 5.54. The first-order chi connectivity index (χ1) is 19.9. The van der Waals surface area contributed by atoms with Crippen molar-refractivity contribution in [3.05, 3.63) is 75.7 Å². The average Bonchev–Trinajstić information content (AvgIpc) is 2.92. The van der Waals surface area contributed by atoms with Crippen LogP contribution in [0.1, 0.15) is 56.9 Å². The third kappa shape index (κ3) is 6.72. The molecule has 0 radical (unpaired) electrons. The minimum absolute atomic E-state index is 0.114. The zero-order valence-electron chi connectivity index (χ0n) is 23.6. The van der Waals surface area contributed by atoms with Gasteiger partial charge in [0.25, 0.3) is 0 Å². The molecular formula is C29H32Cl2IN6O3P. The van der Waals surface area contributed by atoms with Gasteiger partial charge in [-0.15, -0.1) is 0 Å². The van der Waals surface area contributed by atoms with Gasteiger partial charge in [0.05, 0.1) is 27.8 Å². The highest BCUT2D eigenvalue weighted by Crippen LogP contribution is 2.37. The van der Waals surface area contributed by atoms with Crippen molar-refractivity contribution in [1.29, 1.82) is 5.41 Å². The molecule has 0 spiro atoms. The maximum Gasteiger partial charge on any atom is 0.410 e. The molecule has 42 heavy (non-hydrogen) atoms. The van der Waals surface area contributed by atoms with E-state index in [2.05, 4.69) is 37.0 Å². The van der Waals surface area contributed by atoms with E-state index in [1.807, 2.05) is 62.9 Å². The quantitative estimate of drug-likeness (QED) is 0.138. The number of hydrogen-bond acceptors (Lipinski definition) is 8. The number of amides is 1. The molecule has 3 unspecified atom stereocenters. The predicted octanol–water partition coefficient (Wildman–Crippen LogP) is 7.89. The number of rotatable bonds is 8. The molecule has 0 saturated carbocycles. The number of piperazine rings is 1. The number of anilines is 2. The van der Waals surface area contributed by atoms with Crippen molar-refractivity contribution in [1.82, 2.24) is 14.9 Å². The second-order valence-electron chi connectivity index (χ2n) is 11.3. The number of hydrogen-bond donors (Lipinski definition) is 2. The van der Waals surface area contributed by atoms with Crippen molar-refractivity contribution in [2.75, 3.05) is 23.1 Å². The molecule has 0 aliphatic carbocycles. The number of ether oxygens (including phenoxy) is 2. The Morgan fingerprint density at radius 1 is 1.14 bits per heavy atom. The van der Waals surface area contributed by atoms with E-state index in [9.17, 15) is 4.79 Å². The van der Waals surface area contributed by atoms with Crippen LogP contribution in [0.2, 0.25) is 10.0 Å². The molecule has 3 saturated heterocycles. The normalized spacial score (nSPS) is 18.9. The van der Waals surface area contributed by atoms with E-state index in [1.165, 1.54) is 0 Å². The summed E-state index contributed by atoms with van der Waals surface area (Å²) in [7, 11) is 0. The Labute approximate surface area is 270 Å². The fraction of sp³-hybridized carbons (Fsp3) is 0.379. The van der Waals surface area contributed by atoms with Gasteiger partial charge < -0.3 is 19.5 Å². The minimum Gasteiger partial charge on any atom is -0.486 e.